The van der Waals surface area contributed by atoms with Gasteiger partial charge >= 0.3 is 5.69 Å². The Morgan fingerprint density at radius 1 is 0.844 bits per heavy atom. The van der Waals surface area contributed by atoms with E-state index in [1.165, 1.54) is 36.4 Å². The molecular formula is C21H12N4O7. The molecule has 0 radical (unpaired) electrons. The van der Waals surface area contributed by atoms with E-state index < -0.39 is 26.1 Å². The van der Waals surface area contributed by atoms with Gasteiger partial charge in [-0.1, -0.05) is 24.3 Å². The summed E-state index contributed by atoms with van der Waals surface area (Å²) in [6.07, 6.45) is 1.52. The highest BCUT2D eigenvalue weighted by molar-refractivity contribution is 5.90. The minimum atomic E-state index is -0.780. The van der Waals surface area contributed by atoms with E-state index in [2.05, 4.69) is 0 Å². The van der Waals surface area contributed by atoms with Gasteiger partial charge in [-0.25, -0.2) is 0 Å². The summed E-state index contributed by atoms with van der Waals surface area (Å²) >= 11 is 0. The van der Waals surface area contributed by atoms with Gasteiger partial charge in [0.05, 0.1) is 32.5 Å². The van der Waals surface area contributed by atoms with E-state index in [1.807, 2.05) is 6.07 Å². The summed E-state index contributed by atoms with van der Waals surface area (Å²) in [7, 11) is 0. The Hall–Kier alpha value is -5.11. The van der Waals surface area contributed by atoms with E-state index in [0.29, 0.717) is 11.1 Å². The first-order chi connectivity index (χ1) is 15.3. The van der Waals surface area contributed by atoms with Crippen LogP contribution >= 0.6 is 0 Å². The fourth-order valence-corrected chi connectivity index (χ4v) is 2.74. The van der Waals surface area contributed by atoms with Gasteiger partial charge in [-0.15, -0.1) is 0 Å². The predicted octanol–water partition coefficient (Wildman–Crippen LogP) is 5.27. The molecule has 0 atom stereocenters. The van der Waals surface area contributed by atoms with Crippen molar-refractivity contribution in [2.75, 3.05) is 0 Å². The van der Waals surface area contributed by atoms with Crippen LogP contribution in [0.3, 0.4) is 0 Å². The molecule has 32 heavy (non-hydrogen) atoms. The highest BCUT2D eigenvalue weighted by atomic mass is 16.6. The maximum atomic E-state index is 11.2. The van der Waals surface area contributed by atoms with E-state index in [4.69, 9.17) is 4.74 Å². The number of nitro benzene ring substituents is 3. The number of nitriles is 1. The van der Waals surface area contributed by atoms with Gasteiger partial charge in [0.2, 0.25) is 5.75 Å². The molecule has 0 N–H and O–H groups in total. The molecule has 0 spiro atoms. The molecule has 0 saturated carbocycles. The zero-order valence-electron chi connectivity index (χ0n) is 16.1. The van der Waals surface area contributed by atoms with Gasteiger partial charge in [-0.2, -0.15) is 5.26 Å². The molecule has 3 aromatic rings. The van der Waals surface area contributed by atoms with Crippen LogP contribution < -0.4 is 4.74 Å². The molecule has 0 aromatic heterocycles. The second kappa shape index (κ2) is 9.14. The normalized spacial score (nSPS) is 10.8. The van der Waals surface area contributed by atoms with Gasteiger partial charge < -0.3 is 4.74 Å². The molecule has 0 aliphatic rings. The minimum Gasteiger partial charge on any atom is -0.450 e. The fraction of sp³-hybridized carbons (Fsp3) is 0. The van der Waals surface area contributed by atoms with Gasteiger partial charge in [0, 0.05) is 18.2 Å². The molecule has 0 aliphatic heterocycles. The lowest BCUT2D eigenvalue weighted by Crippen LogP contribution is -1.96. The number of non-ortho nitro benzene ring substituents is 2. The Morgan fingerprint density at radius 2 is 1.50 bits per heavy atom. The van der Waals surface area contributed by atoms with E-state index >= 15 is 0 Å². The highest BCUT2D eigenvalue weighted by Crippen LogP contribution is 2.34. The van der Waals surface area contributed by atoms with Crippen molar-refractivity contribution in [2.45, 2.75) is 0 Å². The number of hydrogen-bond donors (Lipinski definition) is 0. The standard InChI is InChI=1S/C21H12N4O7/c22-13-16(15-2-1-3-17(11-15)23(26)27)10-14-4-7-19(8-5-14)32-21-9-6-18(24(28)29)12-20(21)25(30)31/h1-12H. The second-order valence-electron chi connectivity index (χ2n) is 6.31. The van der Waals surface area contributed by atoms with Crippen LogP contribution in [0.1, 0.15) is 11.1 Å². The topological polar surface area (TPSA) is 162 Å². The zero-order chi connectivity index (χ0) is 23.3. The Morgan fingerprint density at radius 3 is 2.09 bits per heavy atom. The molecule has 158 valence electrons. The lowest BCUT2D eigenvalue weighted by Gasteiger charge is -2.07. The summed E-state index contributed by atoms with van der Waals surface area (Å²) in [6, 6.07) is 16.9. The Kier molecular flexibility index (Phi) is 6.17. The van der Waals surface area contributed by atoms with Gasteiger partial charge in [-0.3, -0.25) is 30.3 Å². The molecule has 11 heteroatoms. The van der Waals surface area contributed by atoms with Crippen molar-refractivity contribution in [3.8, 4) is 17.6 Å². The third-order valence-electron chi connectivity index (χ3n) is 4.26. The van der Waals surface area contributed by atoms with Gasteiger partial charge in [0.1, 0.15) is 5.75 Å². The van der Waals surface area contributed by atoms with Crippen LogP contribution in [0.5, 0.6) is 11.5 Å². The van der Waals surface area contributed by atoms with Gasteiger partial charge in [0.15, 0.2) is 0 Å². The number of hydrogen-bond acceptors (Lipinski definition) is 8. The molecular weight excluding hydrogens is 420 g/mol. The first-order valence-electron chi connectivity index (χ1n) is 8.86. The molecule has 3 rings (SSSR count). The Labute approximate surface area is 179 Å². The first-order valence-corrected chi connectivity index (χ1v) is 8.86. The van der Waals surface area contributed by atoms with Gasteiger partial charge in [0.25, 0.3) is 11.4 Å². The molecule has 0 amide bonds. The van der Waals surface area contributed by atoms with Crippen LogP contribution in [0, 0.1) is 41.7 Å². The van der Waals surface area contributed by atoms with Crippen molar-refractivity contribution >= 4 is 28.7 Å². The first kappa shape index (κ1) is 21.6. The van der Waals surface area contributed by atoms with E-state index in [-0.39, 0.29) is 22.8 Å². The van der Waals surface area contributed by atoms with Crippen LogP contribution in [0.4, 0.5) is 17.1 Å². The van der Waals surface area contributed by atoms with E-state index in [9.17, 15) is 35.6 Å². The number of nitrogens with zero attached hydrogens (tertiary/aromatic N) is 4. The lowest BCUT2D eigenvalue weighted by molar-refractivity contribution is -0.394. The maximum Gasteiger partial charge on any atom is 0.318 e. The summed E-state index contributed by atoms with van der Waals surface area (Å²) < 4.78 is 5.49. The van der Waals surface area contributed by atoms with Crippen molar-refractivity contribution in [3.63, 3.8) is 0 Å². The van der Waals surface area contributed by atoms with Crippen molar-refractivity contribution < 1.29 is 19.5 Å². The third-order valence-corrected chi connectivity index (χ3v) is 4.26. The fourth-order valence-electron chi connectivity index (χ4n) is 2.74. The molecule has 0 heterocycles. The molecule has 0 saturated heterocycles. The van der Waals surface area contributed by atoms with Crippen molar-refractivity contribution in [1.29, 1.82) is 5.26 Å². The molecule has 3 aromatic carbocycles. The van der Waals surface area contributed by atoms with E-state index in [0.717, 1.165) is 18.2 Å². The zero-order valence-corrected chi connectivity index (χ0v) is 16.1. The average Bonchev–Trinajstić information content (AvgIpc) is 2.78. The van der Waals surface area contributed by atoms with Crippen molar-refractivity contribution in [2.24, 2.45) is 0 Å². The molecule has 0 unspecified atom stereocenters. The second-order valence-corrected chi connectivity index (χ2v) is 6.31. The summed E-state index contributed by atoms with van der Waals surface area (Å²) in [5.74, 6) is 0.0613. The summed E-state index contributed by atoms with van der Waals surface area (Å²) in [5.41, 5.74) is 0.0305. The van der Waals surface area contributed by atoms with Crippen molar-refractivity contribution in [3.05, 3.63) is 108 Å². The Balaban J connectivity index is 1.86. The number of allylic oxidation sites excluding steroid dienone is 1. The average molecular weight is 432 g/mol. The number of nitro groups is 3. The molecule has 11 nitrogen and oxygen atoms in total. The minimum absolute atomic E-state index is 0.142. The summed E-state index contributed by atoms with van der Waals surface area (Å²) in [6.45, 7) is 0. The number of rotatable bonds is 7. The van der Waals surface area contributed by atoms with Crippen molar-refractivity contribution in [1.82, 2.24) is 0 Å². The lowest BCUT2D eigenvalue weighted by atomic mass is 10.0. The van der Waals surface area contributed by atoms with Crippen LogP contribution in [0.25, 0.3) is 11.6 Å². The maximum absolute atomic E-state index is 11.2. The van der Waals surface area contributed by atoms with E-state index in [1.54, 1.807) is 18.2 Å². The van der Waals surface area contributed by atoms with Crippen LogP contribution in [-0.2, 0) is 0 Å². The van der Waals surface area contributed by atoms with Crippen LogP contribution in [0.2, 0.25) is 0 Å². The molecule has 0 aliphatic carbocycles. The summed E-state index contributed by atoms with van der Waals surface area (Å²) in [5, 5.41) is 42.4. The molecule has 0 bridgehead atoms. The SMILES string of the molecule is N#CC(=Cc1ccc(Oc2ccc([N+](=O)[O-])cc2[N+](=O)[O-])cc1)c1cccc([N+](=O)[O-])c1. The third kappa shape index (κ3) is 4.89. The quantitative estimate of drug-likeness (QED) is 0.211. The highest BCUT2D eigenvalue weighted by Gasteiger charge is 2.21. The smallest absolute Gasteiger partial charge is 0.318 e. The monoisotopic (exact) mass is 432 g/mol. The van der Waals surface area contributed by atoms with Crippen LogP contribution in [0.15, 0.2) is 66.7 Å². The molecule has 0 fully saturated rings. The largest absolute Gasteiger partial charge is 0.450 e. The number of ether oxygens (including phenoxy) is 1. The van der Waals surface area contributed by atoms with Gasteiger partial charge in [-0.05, 0) is 35.4 Å². The number of benzene rings is 3. The predicted molar refractivity (Wildman–Crippen MR) is 113 cm³/mol. The Bertz CT molecular complexity index is 1290. The van der Waals surface area contributed by atoms with Crippen LogP contribution in [-0.4, -0.2) is 14.8 Å². The summed E-state index contributed by atoms with van der Waals surface area (Å²) in [4.78, 5) is 30.9.